The first-order valence-electron chi connectivity index (χ1n) is 20.3. The van der Waals surface area contributed by atoms with Gasteiger partial charge in [0.2, 0.25) is 17.7 Å². The Kier molecular flexibility index (Phi) is 11.9. The minimum atomic E-state index is -1.84. The minimum Gasteiger partial charge on any atom is -0.453 e. The van der Waals surface area contributed by atoms with Crippen molar-refractivity contribution in [3.8, 4) is 22.4 Å². The van der Waals surface area contributed by atoms with Crippen LogP contribution in [0, 0.1) is 17.7 Å². The summed E-state index contributed by atoms with van der Waals surface area (Å²) in [7, 11) is -0.574. The van der Waals surface area contributed by atoms with Gasteiger partial charge in [-0.1, -0.05) is 71.1 Å². The lowest BCUT2D eigenvalue weighted by atomic mass is 9.98. The van der Waals surface area contributed by atoms with Crippen LogP contribution in [0.2, 0.25) is 19.1 Å². The molecule has 0 saturated carbocycles. The van der Waals surface area contributed by atoms with Gasteiger partial charge in [0.05, 0.1) is 56.7 Å². The number of imidazole rings is 2. The standard InChI is InChI=1S/C43H52F2N8O6Si/c1-22(2)36(49-35(55)19-54)41(56)52-18-27(44)16-33(52)40-47-31-13-10-25-14-24(8-12-29(25)38(31)50-40)28-11-9-26(15-30(28)45)32-17-46-39(48-32)34-20-60(6,7)21-53(34)42(57)37(23(3)4)51-43(58)59-5/h8-15,17,22-23,27,33-34,36-37,54H,16,18-21H2,1-7H3,(H,46,48)(H,47,50)(H,49,55)(H,51,58)/t27?,33-,34?,36?,37-/m0/s1. The molecular weight excluding hydrogens is 791 g/mol. The fraction of sp³-hybridized carbons (Fsp3) is 0.442. The van der Waals surface area contributed by atoms with Gasteiger partial charge in [-0.05, 0) is 47.0 Å². The second kappa shape index (κ2) is 16.8. The maximum Gasteiger partial charge on any atom is 0.407 e. The van der Waals surface area contributed by atoms with E-state index in [0.717, 1.165) is 16.8 Å². The zero-order valence-electron chi connectivity index (χ0n) is 34.8. The second-order valence-corrected chi connectivity index (χ2v) is 22.4. The van der Waals surface area contributed by atoms with Gasteiger partial charge in [0.15, 0.2) is 0 Å². The summed E-state index contributed by atoms with van der Waals surface area (Å²) in [6.45, 7) is 10.8. The molecule has 2 saturated heterocycles. The number of hydrogen-bond donors (Lipinski definition) is 5. The average Bonchev–Trinajstić information content (AvgIpc) is 4.02. The van der Waals surface area contributed by atoms with Crippen molar-refractivity contribution in [3.05, 3.63) is 72.2 Å². The van der Waals surface area contributed by atoms with Crippen LogP contribution in [0.5, 0.6) is 0 Å². The van der Waals surface area contributed by atoms with Crippen LogP contribution in [0.3, 0.4) is 0 Å². The van der Waals surface area contributed by atoms with E-state index in [1.807, 2.05) is 55.1 Å². The topological polar surface area (TPSA) is 186 Å². The Bertz CT molecular complexity index is 2450. The van der Waals surface area contributed by atoms with Crippen molar-refractivity contribution < 1.29 is 37.8 Å². The van der Waals surface area contributed by atoms with E-state index < -0.39 is 62.7 Å². The number of rotatable bonds is 11. The zero-order valence-corrected chi connectivity index (χ0v) is 35.8. The summed E-state index contributed by atoms with van der Waals surface area (Å²) in [4.78, 5) is 70.9. The molecule has 318 valence electrons. The number of likely N-dealkylation sites (tertiary alicyclic amines) is 1. The highest BCUT2D eigenvalue weighted by atomic mass is 28.3. The molecule has 3 unspecified atom stereocenters. The van der Waals surface area contributed by atoms with Crippen LogP contribution in [0.4, 0.5) is 13.6 Å². The van der Waals surface area contributed by atoms with E-state index in [2.05, 4.69) is 38.7 Å². The smallest absolute Gasteiger partial charge is 0.407 e. The Morgan fingerprint density at radius 3 is 2.30 bits per heavy atom. The molecule has 3 aromatic carbocycles. The van der Waals surface area contributed by atoms with E-state index >= 15 is 4.39 Å². The third kappa shape index (κ3) is 8.37. The van der Waals surface area contributed by atoms with E-state index in [1.165, 1.54) is 18.1 Å². The molecule has 2 aliphatic rings. The normalized spacial score (nSPS) is 20.0. The summed E-state index contributed by atoms with van der Waals surface area (Å²) < 4.78 is 35.7. The number of carbonyl (C=O) groups excluding carboxylic acids is 4. The molecule has 2 fully saturated rings. The molecular formula is C43H52F2N8O6Si. The van der Waals surface area contributed by atoms with Crippen LogP contribution in [-0.4, -0.2) is 111 Å². The monoisotopic (exact) mass is 842 g/mol. The number of H-pyrrole nitrogens is 2. The first kappa shape index (κ1) is 42.4. The number of hydrogen-bond acceptors (Lipinski definition) is 8. The van der Waals surface area contributed by atoms with Gasteiger partial charge in [-0.15, -0.1) is 0 Å². The molecule has 0 radical (unpaired) electrons. The number of alkyl halides is 1. The lowest BCUT2D eigenvalue weighted by Crippen LogP contribution is -2.52. The highest BCUT2D eigenvalue weighted by molar-refractivity contribution is 6.78. The first-order valence-corrected chi connectivity index (χ1v) is 23.7. The van der Waals surface area contributed by atoms with E-state index in [9.17, 15) is 28.7 Å². The van der Waals surface area contributed by atoms with E-state index in [-0.39, 0.29) is 36.8 Å². The fourth-order valence-electron chi connectivity index (χ4n) is 8.54. The Labute approximate surface area is 347 Å². The SMILES string of the molecule is COC(=O)N[C@H](C(=O)N1C[Si](C)(C)CC1c1ncc(-c2ccc(-c3ccc4c(ccc5[nH]c([C@@H]6CC(F)CN6C(=O)C(NC(=O)CO)C(C)C)nc54)c3)c(F)c2)[nH]1)C(C)C. The first-order chi connectivity index (χ1) is 28.5. The fourth-order valence-corrected chi connectivity index (χ4v) is 11.4. The number of carbonyl (C=O) groups is 4. The third-order valence-corrected chi connectivity index (χ3v) is 14.3. The molecule has 17 heteroatoms. The van der Waals surface area contributed by atoms with Gasteiger partial charge in [0.1, 0.15) is 42.3 Å². The molecule has 5 N–H and O–H groups in total. The number of ether oxygens (including phenoxy) is 1. The number of alkyl carbamates (subject to hydrolysis) is 1. The lowest BCUT2D eigenvalue weighted by Gasteiger charge is -2.30. The third-order valence-electron chi connectivity index (χ3n) is 11.6. The van der Waals surface area contributed by atoms with Crippen molar-refractivity contribution in [3.63, 3.8) is 0 Å². The molecule has 14 nitrogen and oxygen atoms in total. The number of amides is 4. The predicted octanol–water partition coefficient (Wildman–Crippen LogP) is 6.17. The number of nitrogens with one attached hydrogen (secondary N) is 4. The molecule has 4 amide bonds. The number of aromatic amines is 2. The van der Waals surface area contributed by atoms with Crippen molar-refractivity contribution in [2.45, 2.75) is 83.6 Å². The number of halogens is 2. The van der Waals surface area contributed by atoms with Crippen molar-refractivity contribution in [2.75, 3.05) is 26.4 Å². The molecule has 2 aliphatic heterocycles. The second-order valence-electron chi connectivity index (χ2n) is 17.4. The maximum absolute atomic E-state index is 16.0. The quantitative estimate of drug-likeness (QED) is 0.0978. The summed E-state index contributed by atoms with van der Waals surface area (Å²) in [6, 6.07) is 12.4. The van der Waals surface area contributed by atoms with Gasteiger partial charge in [-0.25, -0.2) is 23.5 Å². The van der Waals surface area contributed by atoms with Crippen LogP contribution < -0.4 is 10.6 Å². The van der Waals surface area contributed by atoms with Crippen molar-refractivity contribution >= 4 is 53.7 Å². The number of aliphatic hydroxyl groups excluding tert-OH is 1. The van der Waals surface area contributed by atoms with Gasteiger partial charge < -0.3 is 40.2 Å². The summed E-state index contributed by atoms with van der Waals surface area (Å²) in [5.41, 5.74) is 3.55. The molecule has 7 rings (SSSR count). The number of fused-ring (bicyclic) bond motifs is 3. The molecule has 0 aliphatic carbocycles. The van der Waals surface area contributed by atoms with Crippen LogP contribution in [0.25, 0.3) is 44.2 Å². The molecule has 0 bridgehead atoms. The van der Waals surface area contributed by atoms with Crippen LogP contribution >= 0.6 is 0 Å². The number of benzene rings is 3. The van der Waals surface area contributed by atoms with Crippen molar-refractivity contribution in [1.82, 2.24) is 40.4 Å². The number of aromatic nitrogens is 4. The van der Waals surface area contributed by atoms with Gasteiger partial charge >= 0.3 is 6.09 Å². The highest BCUT2D eigenvalue weighted by Crippen LogP contribution is 2.40. The lowest BCUT2D eigenvalue weighted by molar-refractivity contribution is -0.139. The molecule has 4 heterocycles. The zero-order chi connectivity index (χ0) is 43.2. The largest absolute Gasteiger partial charge is 0.453 e. The Morgan fingerprint density at radius 1 is 0.917 bits per heavy atom. The average molecular weight is 843 g/mol. The van der Waals surface area contributed by atoms with Crippen molar-refractivity contribution in [1.29, 1.82) is 0 Å². The van der Waals surface area contributed by atoms with E-state index in [1.54, 1.807) is 26.1 Å². The number of methoxy groups -OCH3 is 1. The molecule has 5 aromatic rings. The molecule has 2 aromatic heterocycles. The van der Waals surface area contributed by atoms with Gasteiger partial charge in [0, 0.05) is 29.1 Å². The minimum absolute atomic E-state index is 0.0366. The van der Waals surface area contributed by atoms with E-state index in [4.69, 9.17) is 9.72 Å². The summed E-state index contributed by atoms with van der Waals surface area (Å²) in [6.07, 6.45) is 0.340. The summed E-state index contributed by atoms with van der Waals surface area (Å²) in [5, 5.41) is 16.1. The van der Waals surface area contributed by atoms with Crippen molar-refractivity contribution in [2.24, 2.45) is 11.8 Å². The van der Waals surface area contributed by atoms with Gasteiger partial charge in [-0.3, -0.25) is 14.4 Å². The highest BCUT2D eigenvalue weighted by Gasteiger charge is 2.46. The van der Waals surface area contributed by atoms with Crippen LogP contribution in [0.15, 0.2) is 54.7 Å². The van der Waals surface area contributed by atoms with Gasteiger partial charge in [0.25, 0.3) is 0 Å². The Balaban J connectivity index is 1.12. The number of nitrogens with zero attached hydrogens (tertiary/aromatic N) is 4. The van der Waals surface area contributed by atoms with Crippen LogP contribution in [-0.2, 0) is 19.1 Å². The number of aliphatic hydroxyl groups is 1. The van der Waals surface area contributed by atoms with Gasteiger partial charge in [-0.2, -0.15) is 0 Å². The molecule has 60 heavy (non-hydrogen) atoms. The maximum atomic E-state index is 16.0. The molecule has 0 spiro atoms. The Hall–Kier alpha value is -5.68. The predicted molar refractivity (Wildman–Crippen MR) is 225 cm³/mol. The van der Waals surface area contributed by atoms with E-state index in [0.29, 0.717) is 51.2 Å². The molecule has 5 atom stereocenters. The summed E-state index contributed by atoms with van der Waals surface area (Å²) in [5.74, 6) is -1.21. The summed E-state index contributed by atoms with van der Waals surface area (Å²) >= 11 is 0. The van der Waals surface area contributed by atoms with Crippen LogP contribution in [0.1, 0.15) is 57.8 Å². The Morgan fingerprint density at radius 2 is 1.62 bits per heavy atom.